The predicted octanol–water partition coefficient (Wildman–Crippen LogP) is 1.73. The van der Waals surface area contributed by atoms with E-state index in [0.29, 0.717) is 10.7 Å². The van der Waals surface area contributed by atoms with Crippen LogP contribution in [0.25, 0.3) is 0 Å². The van der Waals surface area contributed by atoms with Crippen molar-refractivity contribution in [2.45, 2.75) is 6.92 Å². The number of halogens is 2. The number of rotatable bonds is 1. The molecule has 0 bridgehead atoms. The van der Waals surface area contributed by atoms with Crippen LogP contribution in [0.2, 0.25) is 10.0 Å². The number of carbonyl (C=O) groups is 1. The molecule has 11 heavy (non-hydrogen) atoms. The number of amides is 1. The van der Waals surface area contributed by atoms with Crippen molar-refractivity contribution in [3.05, 3.63) is 21.4 Å². The molecule has 60 valence electrons. The van der Waals surface area contributed by atoms with Crippen LogP contribution < -0.4 is 5.73 Å². The summed E-state index contributed by atoms with van der Waals surface area (Å²) in [6.45, 7) is 1.71. The van der Waals surface area contributed by atoms with Crippen molar-refractivity contribution < 1.29 is 4.79 Å². The number of hydrogen-bond donors (Lipinski definition) is 2. The van der Waals surface area contributed by atoms with Gasteiger partial charge in [0.2, 0.25) is 0 Å². The van der Waals surface area contributed by atoms with Crippen molar-refractivity contribution in [2.24, 2.45) is 5.73 Å². The molecule has 0 spiro atoms. The van der Waals surface area contributed by atoms with E-state index in [1.165, 1.54) is 0 Å². The van der Waals surface area contributed by atoms with Gasteiger partial charge in [-0.1, -0.05) is 23.2 Å². The summed E-state index contributed by atoms with van der Waals surface area (Å²) in [4.78, 5) is 13.3. The summed E-state index contributed by atoms with van der Waals surface area (Å²) in [5, 5.41) is 0.539. The normalized spacial score (nSPS) is 10.1. The quantitative estimate of drug-likeness (QED) is 0.700. The Labute approximate surface area is 73.5 Å². The van der Waals surface area contributed by atoms with Crippen LogP contribution in [0.1, 0.15) is 16.2 Å². The monoisotopic (exact) mass is 192 g/mol. The number of H-pyrrole nitrogens is 1. The number of aromatic nitrogens is 1. The molecule has 1 rings (SSSR count). The second kappa shape index (κ2) is 2.75. The number of nitrogens with two attached hydrogens (primary N) is 1. The van der Waals surface area contributed by atoms with E-state index in [1.54, 1.807) is 6.92 Å². The van der Waals surface area contributed by atoms with Crippen LogP contribution in [-0.4, -0.2) is 10.9 Å². The summed E-state index contributed by atoms with van der Waals surface area (Å²) in [7, 11) is 0. The fraction of sp³-hybridized carbons (Fsp3) is 0.167. The van der Waals surface area contributed by atoms with Gasteiger partial charge in [-0.2, -0.15) is 0 Å². The van der Waals surface area contributed by atoms with Crippen molar-refractivity contribution in [3.63, 3.8) is 0 Å². The molecule has 0 unspecified atom stereocenters. The molecule has 0 radical (unpaired) electrons. The zero-order valence-corrected chi connectivity index (χ0v) is 7.25. The summed E-state index contributed by atoms with van der Waals surface area (Å²) >= 11 is 11.3. The van der Waals surface area contributed by atoms with Crippen molar-refractivity contribution >= 4 is 29.1 Å². The summed E-state index contributed by atoms with van der Waals surface area (Å²) in [6.07, 6.45) is 0. The number of aryl methyl sites for hydroxylation is 1. The third kappa shape index (κ3) is 1.34. The second-order valence-corrected chi connectivity index (χ2v) is 2.87. The Bertz CT molecular complexity index is 306. The predicted molar refractivity (Wildman–Crippen MR) is 44.1 cm³/mol. The Kier molecular flexibility index (Phi) is 2.11. The lowest BCUT2D eigenvalue weighted by Gasteiger charge is -1.88. The molecule has 0 aliphatic heterocycles. The third-order valence-electron chi connectivity index (χ3n) is 1.30. The first kappa shape index (κ1) is 8.43. The average Bonchev–Trinajstić information content (AvgIpc) is 2.17. The van der Waals surface area contributed by atoms with Crippen LogP contribution >= 0.6 is 23.2 Å². The van der Waals surface area contributed by atoms with Crippen LogP contribution in [0, 0.1) is 6.92 Å². The van der Waals surface area contributed by atoms with Gasteiger partial charge < -0.3 is 10.7 Å². The van der Waals surface area contributed by atoms with Gasteiger partial charge in [-0.25, -0.2) is 0 Å². The van der Waals surface area contributed by atoms with Gasteiger partial charge in [0.15, 0.2) is 0 Å². The van der Waals surface area contributed by atoms with E-state index < -0.39 is 5.91 Å². The molecular weight excluding hydrogens is 187 g/mol. The van der Waals surface area contributed by atoms with Gasteiger partial charge in [0.05, 0.1) is 10.0 Å². The number of carbonyl (C=O) groups excluding carboxylic acids is 1. The van der Waals surface area contributed by atoms with Crippen molar-refractivity contribution in [2.75, 3.05) is 0 Å². The smallest absolute Gasteiger partial charge is 0.266 e. The van der Waals surface area contributed by atoms with Crippen LogP contribution in [-0.2, 0) is 0 Å². The molecule has 0 aliphatic rings. The largest absolute Gasteiger partial charge is 0.364 e. The van der Waals surface area contributed by atoms with E-state index in [2.05, 4.69) is 4.98 Å². The minimum atomic E-state index is -0.606. The maximum atomic E-state index is 10.6. The highest BCUT2D eigenvalue weighted by molar-refractivity contribution is 6.44. The van der Waals surface area contributed by atoms with Gasteiger partial charge in [0.25, 0.3) is 5.91 Å². The maximum Gasteiger partial charge on any atom is 0.266 e. The highest BCUT2D eigenvalue weighted by Gasteiger charge is 2.14. The lowest BCUT2D eigenvalue weighted by molar-refractivity contribution is 0.0996. The third-order valence-corrected chi connectivity index (χ3v) is 2.25. The van der Waals surface area contributed by atoms with Gasteiger partial charge in [-0.3, -0.25) is 4.79 Å². The van der Waals surface area contributed by atoms with Crippen molar-refractivity contribution in [1.29, 1.82) is 0 Å². The van der Waals surface area contributed by atoms with Gasteiger partial charge in [-0.05, 0) is 6.92 Å². The van der Waals surface area contributed by atoms with E-state index in [-0.39, 0.29) is 10.7 Å². The molecule has 0 saturated heterocycles. The fourth-order valence-electron chi connectivity index (χ4n) is 0.741. The first-order valence-electron chi connectivity index (χ1n) is 2.87. The molecule has 3 N–H and O–H groups in total. The standard InChI is InChI=1S/C6H6Cl2N2O/c1-2-3(7)4(8)5(10-2)6(9)11/h10H,1H3,(H2,9,11). The Morgan fingerprint density at radius 2 is 2.00 bits per heavy atom. The topological polar surface area (TPSA) is 58.9 Å². The number of aromatic amines is 1. The van der Waals surface area contributed by atoms with Gasteiger partial charge >= 0.3 is 0 Å². The first-order valence-corrected chi connectivity index (χ1v) is 3.63. The Hall–Kier alpha value is -0.670. The van der Waals surface area contributed by atoms with E-state index >= 15 is 0 Å². The van der Waals surface area contributed by atoms with Gasteiger partial charge in [-0.15, -0.1) is 0 Å². The molecule has 0 aliphatic carbocycles. The Morgan fingerprint density at radius 3 is 2.18 bits per heavy atom. The SMILES string of the molecule is Cc1[nH]c(C(N)=O)c(Cl)c1Cl. The van der Waals surface area contributed by atoms with Crippen molar-refractivity contribution in [1.82, 2.24) is 4.98 Å². The summed E-state index contributed by atoms with van der Waals surface area (Å²) < 4.78 is 0. The Morgan fingerprint density at radius 1 is 1.45 bits per heavy atom. The molecular formula is C6H6Cl2N2O. The highest BCUT2D eigenvalue weighted by Crippen LogP contribution is 2.28. The summed E-state index contributed by atoms with van der Waals surface area (Å²) in [6, 6.07) is 0. The second-order valence-electron chi connectivity index (χ2n) is 2.12. The number of hydrogen-bond acceptors (Lipinski definition) is 1. The van der Waals surface area contributed by atoms with Crippen LogP contribution in [0.3, 0.4) is 0 Å². The first-order chi connectivity index (χ1) is 5.04. The van der Waals surface area contributed by atoms with Crippen LogP contribution in [0.4, 0.5) is 0 Å². The molecule has 1 heterocycles. The van der Waals surface area contributed by atoms with Gasteiger partial charge in [0.1, 0.15) is 5.69 Å². The molecule has 0 atom stereocenters. The fourth-order valence-corrected chi connectivity index (χ4v) is 1.17. The van der Waals surface area contributed by atoms with Crippen LogP contribution in [0.15, 0.2) is 0 Å². The van der Waals surface area contributed by atoms with E-state index in [4.69, 9.17) is 28.9 Å². The van der Waals surface area contributed by atoms with E-state index in [9.17, 15) is 4.79 Å². The summed E-state index contributed by atoms with van der Waals surface area (Å²) in [5.41, 5.74) is 5.79. The molecule has 0 fully saturated rings. The van der Waals surface area contributed by atoms with Crippen molar-refractivity contribution in [3.8, 4) is 0 Å². The van der Waals surface area contributed by atoms with E-state index in [0.717, 1.165) is 0 Å². The molecule has 1 aromatic rings. The average molecular weight is 193 g/mol. The molecule has 0 saturated carbocycles. The zero-order valence-electron chi connectivity index (χ0n) is 5.74. The highest BCUT2D eigenvalue weighted by atomic mass is 35.5. The lowest BCUT2D eigenvalue weighted by atomic mass is 10.4. The van der Waals surface area contributed by atoms with E-state index in [1.807, 2.05) is 0 Å². The number of nitrogens with one attached hydrogen (secondary N) is 1. The van der Waals surface area contributed by atoms with Crippen LogP contribution in [0.5, 0.6) is 0 Å². The molecule has 1 amide bonds. The molecule has 1 aromatic heterocycles. The minimum absolute atomic E-state index is 0.161. The molecule has 0 aromatic carbocycles. The van der Waals surface area contributed by atoms with Gasteiger partial charge in [0, 0.05) is 5.69 Å². The maximum absolute atomic E-state index is 10.6. The zero-order chi connectivity index (χ0) is 8.59. The minimum Gasteiger partial charge on any atom is -0.364 e. The number of primary amides is 1. The summed E-state index contributed by atoms with van der Waals surface area (Å²) in [5.74, 6) is -0.606. The lowest BCUT2D eigenvalue weighted by Crippen LogP contribution is -2.11. The molecule has 5 heteroatoms. The Balaban J connectivity index is 3.29. The molecule has 3 nitrogen and oxygen atoms in total.